The highest BCUT2D eigenvalue weighted by molar-refractivity contribution is 6.32. The first-order valence-corrected chi connectivity index (χ1v) is 7.04. The van der Waals surface area contributed by atoms with Gasteiger partial charge in [0.15, 0.2) is 11.5 Å². The van der Waals surface area contributed by atoms with Crippen molar-refractivity contribution in [3.8, 4) is 11.5 Å². The maximum atomic E-state index is 12.3. The molecule has 6 heteroatoms. The molecule has 0 aromatic heterocycles. The predicted octanol–water partition coefficient (Wildman–Crippen LogP) is 1.96. The molecule has 1 aliphatic heterocycles. The Morgan fingerprint density at radius 3 is 2.85 bits per heavy atom. The Labute approximate surface area is 123 Å². The number of hydrogen-bond acceptors (Lipinski definition) is 4. The first-order chi connectivity index (χ1) is 9.67. The summed E-state index contributed by atoms with van der Waals surface area (Å²) >= 11 is 6.16. The molecule has 1 N–H and O–H groups in total. The van der Waals surface area contributed by atoms with Crippen molar-refractivity contribution in [1.29, 1.82) is 0 Å². The fourth-order valence-corrected chi connectivity index (χ4v) is 2.33. The topological polar surface area (TPSA) is 59.0 Å². The van der Waals surface area contributed by atoms with Crippen LogP contribution in [0.3, 0.4) is 0 Å². The normalized spacial score (nSPS) is 13.8. The molecule has 1 aliphatic rings. The van der Waals surface area contributed by atoms with Gasteiger partial charge in [-0.15, -0.1) is 0 Å². The maximum Gasteiger partial charge on any atom is 0.254 e. The average Bonchev–Trinajstić information content (AvgIpc) is 2.69. The molecule has 5 nitrogen and oxygen atoms in total. The van der Waals surface area contributed by atoms with Gasteiger partial charge >= 0.3 is 0 Å². The van der Waals surface area contributed by atoms with Gasteiger partial charge < -0.3 is 19.5 Å². The number of nitrogens with zero attached hydrogens (tertiary/aromatic N) is 1. The minimum atomic E-state index is -0.181. The summed E-state index contributed by atoms with van der Waals surface area (Å²) in [6, 6.07) is 3.23. The lowest BCUT2D eigenvalue weighted by atomic mass is 10.1. The summed E-state index contributed by atoms with van der Waals surface area (Å²) < 4.78 is 11.1. The van der Waals surface area contributed by atoms with Crippen molar-refractivity contribution in [2.24, 2.45) is 0 Å². The van der Waals surface area contributed by atoms with Crippen molar-refractivity contribution in [3.63, 3.8) is 0 Å². The molecule has 0 bridgehead atoms. The SMILES string of the molecule is CCN(CCO)C(=O)c1cc(Cl)c2c(c1)OCCCO2. The summed E-state index contributed by atoms with van der Waals surface area (Å²) in [4.78, 5) is 13.9. The number of carbonyl (C=O) groups excluding carboxylic acids is 1. The van der Waals surface area contributed by atoms with Crippen molar-refractivity contribution in [3.05, 3.63) is 22.7 Å². The molecule has 110 valence electrons. The fourth-order valence-electron chi connectivity index (χ4n) is 2.06. The highest BCUT2D eigenvalue weighted by atomic mass is 35.5. The van der Waals surface area contributed by atoms with Gasteiger partial charge in [-0.2, -0.15) is 0 Å². The monoisotopic (exact) mass is 299 g/mol. The highest BCUT2D eigenvalue weighted by Crippen LogP contribution is 2.38. The zero-order chi connectivity index (χ0) is 14.5. The first-order valence-electron chi connectivity index (χ1n) is 6.66. The number of aliphatic hydroxyl groups excluding tert-OH is 1. The Balaban J connectivity index is 2.31. The summed E-state index contributed by atoms with van der Waals surface area (Å²) in [6.45, 7) is 3.68. The molecule has 1 amide bonds. The number of fused-ring (bicyclic) bond motifs is 1. The Bertz CT molecular complexity index is 492. The summed E-state index contributed by atoms with van der Waals surface area (Å²) in [6.07, 6.45) is 0.778. The van der Waals surface area contributed by atoms with Crippen LogP contribution in [0.2, 0.25) is 5.02 Å². The maximum absolute atomic E-state index is 12.3. The molecule has 20 heavy (non-hydrogen) atoms. The van der Waals surface area contributed by atoms with E-state index in [9.17, 15) is 4.79 Å². The van der Waals surface area contributed by atoms with Gasteiger partial charge in [0.25, 0.3) is 5.91 Å². The number of carbonyl (C=O) groups is 1. The van der Waals surface area contributed by atoms with Gasteiger partial charge in [0.1, 0.15) is 0 Å². The molecule has 0 spiro atoms. The molecule has 1 aromatic carbocycles. The third-order valence-corrected chi connectivity index (χ3v) is 3.37. The van der Waals surface area contributed by atoms with E-state index in [4.69, 9.17) is 26.2 Å². The van der Waals surface area contributed by atoms with E-state index in [0.717, 1.165) is 6.42 Å². The minimum absolute atomic E-state index is 0.0716. The van der Waals surface area contributed by atoms with E-state index in [0.29, 0.717) is 48.4 Å². The van der Waals surface area contributed by atoms with Crippen LogP contribution in [0.25, 0.3) is 0 Å². The molecule has 1 aromatic rings. The Morgan fingerprint density at radius 1 is 1.40 bits per heavy atom. The zero-order valence-corrected chi connectivity index (χ0v) is 12.2. The number of likely N-dealkylation sites (N-methyl/N-ethyl adjacent to an activating group) is 1. The molecule has 2 rings (SSSR count). The second-order valence-corrected chi connectivity index (χ2v) is 4.85. The van der Waals surface area contributed by atoms with E-state index >= 15 is 0 Å². The van der Waals surface area contributed by atoms with E-state index in [1.165, 1.54) is 0 Å². The van der Waals surface area contributed by atoms with E-state index in [-0.39, 0.29) is 12.5 Å². The summed E-state index contributed by atoms with van der Waals surface area (Å²) in [5.41, 5.74) is 0.439. The second kappa shape index (κ2) is 6.81. The molecule has 0 radical (unpaired) electrons. The van der Waals surface area contributed by atoms with Crippen molar-refractivity contribution in [1.82, 2.24) is 4.90 Å². The molecular weight excluding hydrogens is 282 g/mol. The van der Waals surface area contributed by atoms with Gasteiger partial charge in [-0.25, -0.2) is 0 Å². The van der Waals surface area contributed by atoms with Gasteiger partial charge in [-0.1, -0.05) is 11.6 Å². The number of ether oxygens (including phenoxy) is 2. The molecule has 0 atom stereocenters. The second-order valence-electron chi connectivity index (χ2n) is 4.44. The largest absolute Gasteiger partial charge is 0.489 e. The zero-order valence-electron chi connectivity index (χ0n) is 11.4. The van der Waals surface area contributed by atoms with Crippen LogP contribution in [0.5, 0.6) is 11.5 Å². The summed E-state index contributed by atoms with van der Waals surface area (Å²) in [7, 11) is 0. The lowest BCUT2D eigenvalue weighted by Gasteiger charge is -2.20. The number of hydrogen-bond donors (Lipinski definition) is 1. The standard InChI is InChI=1S/C14H18ClNO4/c1-2-16(4-5-17)14(18)10-8-11(15)13-12(9-10)19-6-3-7-20-13/h8-9,17H,2-7H2,1H3. The molecule has 0 saturated heterocycles. The van der Waals surface area contributed by atoms with Gasteiger partial charge in [0, 0.05) is 25.1 Å². The quantitative estimate of drug-likeness (QED) is 0.923. The van der Waals surface area contributed by atoms with Gasteiger partial charge in [0.2, 0.25) is 0 Å². The number of amides is 1. The van der Waals surface area contributed by atoms with Crippen molar-refractivity contribution in [2.45, 2.75) is 13.3 Å². The number of aliphatic hydroxyl groups is 1. The van der Waals surface area contributed by atoms with Gasteiger partial charge in [-0.05, 0) is 19.1 Å². The number of benzene rings is 1. The van der Waals surface area contributed by atoms with Crippen molar-refractivity contribution in [2.75, 3.05) is 32.9 Å². The number of rotatable bonds is 4. The molecule has 0 fully saturated rings. The molecular formula is C14H18ClNO4. The smallest absolute Gasteiger partial charge is 0.254 e. The van der Waals surface area contributed by atoms with E-state index in [1.54, 1.807) is 17.0 Å². The third kappa shape index (κ3) is 3.16. The van der Waals surface area contributed by atoms with Crippen LogP contribution in [0.4, 0.5) is 0 Å². The van der Waals surface area contributed by atoms with Crippen LogP contribution >= 0.6 is 11.6 Å². The third-order valence-electron chi connectivity index (χ3n) is 3.09. The Morgan fingerprint density at radius 2 is 2.15 bits per heavy atom. The Hall–Kier alpha value is -1.46. The molecule has 1 heterocycles. The minimum Gasteiger partial charge on any atom is -0.489 e. The fraction of sp³-hybridized carbons (Fsp3) is 0.500. The lowest BCUT2D eigenvalue weighted by Crippen LogP contribution is -2.33. The Kier molecular flexibility index (Phi) is 5.09. The first kappa shape index (κ1) is 14.9. The van der Waals surface area contributed by atoms with E-state index < -0.39 is 0 Å². The number of halogens is 1. The molecule has 0 saturated carbocycles. The van der Waals surface area contributed by atoms with Crippen LogP contribution in [0, 0.1) is 0 Å². The van der Waals surface area contributed by atoms with Gasteiger partial charge in [-0.3, -0.25) is 4.79 Å². The van der Waals surface area contributed by atoms with Crippen LogP contribution in [-0.2, 0) is 0 Å². The van der Waals surface area contributed by atoms with E-state index in [2.05, 4.69) is 0 Å². The predicted molar refractivity (Wildman–Crippen MR) is 75.7 cm³/mol. The van der Waals surface area contributed by atoms with Crippen molar-refractivity contribution < 1.29 is 19.4 Å². The summed E-state index contributed by atoms with van der Waals surface area (Å²) in [5.74, 6) is 0.809. The van der Waals surface area contributed by atoms with Crippen LogP contribution in [0.1, 0.15) is 23.7 Å². The molecule has 0 aliphatic carbocycles. The van der Waals surface area contributed by atoms with Gasteiger partial charge in [0.05, 0.1) is 24.8 Å². The van der Waals surface area contributed by atoms with E-state index in [1.807, 2.05) is 6.92 Å². The molecule has 0 unspecified atom stereocenters. The lowest BCUT2D eigenvalue weighted by molar-refractivity contribution is 0.0731. The van der Waals surface area contributed by atoms with Crippen LogP contribution in [-0.4, -0.2) is 48.8 Å². The average molecular weight is 300 g/mol. The highest BCUT2D eigenvalue weighted by Gasteiger charge is 2.20. The van der Waals surface area contributed by atoms with Crippen molar-refractivity contribution >= 4 is 17.5 Å². The van der Waals surface area contributed by atoms with Crippen LogP contribution in [0.15, 0.2) is 12.1 Å². The summed E-state index contributed by atoms with van der Waals surface area (Å²) in [5, 5.41) is 9.35. The van der Waals surface area contributed by atoms with Crippen LogP contribution < -0.4 is 9.47 Å².